The highest BCUT2D eigenvalue weighted by molar-refractivity contribution is 5.46. The summed E-state index contributed by atoms with van der Waals surface area (Å²) in [7, 11) is 0. The van der Waals surface area contributed by atoms with Crippen molar-refractivity contribution < 1.29 is 26.3 Å². The van der Waals surface area contributed by atoms with E-state index in [1.54, 1.807) is 0 Å². The van der Waals surface area contributed by atoms with Gasteiger partial charge in [-0.3, -0.25) is 0 Å². The Morgan fingerprint density at radius 3 is 1.53 bits per heavy atom. The monoisotopic (exact) mass is 257 g/mol. The van der Waals surface area contributed by atoms with Crippen LogP contribution in [0.5, 0.6) is 0 Å². The summed E-state index contributed by atoms with van der Waals surface area (Å²) in [6, 6.07) is 6.70. The van der Waals surface area contributed by atoms with Crippen LogP contribution in [-0.2, 0) is 0 Å². The molecule has 0 spiro atoms. The smallest absolute Gasteiger partial charge is 0.353 e. The Labute approximate surface area is 93.6 Å². The normalized spacial score (nSPS) is 12.6. The molecule has 0 N–H and O–H groups in total. The van der Waals surface area contributed by atoms with Crippen LogP contribution >= 0.6 is 0 Å². The number of para-hydroxylation sites is 1. The standard InChI is InChI=1S/C10H9F6N/c11-9(12,13)6-17(7-10(14,15)16)8-4-2-1-3-5-8/h1-5H,6-7H2. The third kappa shape index (κ3) is 5.46. The van der Waals surface area contributed by atoms with Gasteiger partial charge >= 0.3 is 12.4 Å². The zero-order valence-corrected chi connectivity index (χ0v) is 8.52. The number of anilines is 1. The fourth-order valence-corrected chi connectivity index (χ4v) is 1.31. The minimum atomic E-state index is -4.68. The van der Waals surface area contributed by atoms with Crippen LogP contribution in [0.25, 0.3) is 0 Å². The summed E-state index contributed by atoms with van der Waals surface area (Å²) in [5.74, 6) is 0. The van der Waals surface area contributed by atoms with Crippen LogP contribution < -0.4 is 4.90 Å². The molecule has 96 valence electrons. The van der Waals surface area contributed by atoms with Crippen molar-refractivity contribution in [3.05, 3.63) is 30.3 Å². The molecular weight excluding hydrogens is 248 g/mol. The number of alkyl halides is 6. The van der Waals surface area contributed by atoms with Gasteiger partial charge in [-0.05, 0) is 12.1 Å². The van der Waals surface area contributed by atoms with Gasteiger partial charge in [-0.2, -0.15) is 26.3 Å². The van der Waals surface area contributed by atoms with Crippen molar-refractivity contribution in [2.24, 2.45) is 0 Å². The first kappa shape index (κ1) is 13.7. The van der Waals surface area contributed by atoms with Crippen LogP contribution in [0.15, 0.2) is 30.3 Å². The van der Waals surface area contributed by atoms with Gasteiger partial charge in [0.05, 0.1) is 0 Å². The Morgan fingerprint density at radius 2 is 1.18 bits per heavy atom. The lowest BCUT2D eigenvalue weighted by Crippen LogP contribution is -2.40. The highest BCUT2D eigenvalue weighted by Gasteiger charge is 2.37. The van der Waals surface area contributed by atoms with Crippen molar-refractivity contribution in [2.75, 3.05) is 18.0 Å². The molecule has 0 unspecified atom stereocenters. The fourth-order valence-electron chi connectivity index (χ4n) is 1.31. The van der Waals surface area contributed by atoms with E-state index in [0.717, 1.165) is 0 Å². The van der Waals surface area contributed by atoms with Crippen LogP contribution in [-0.4, -0.2) is 25.4 Å². The van der Waals surface area contributed by atoms with Gasteiger partial charge in [0.25, 0.3) is 0 Å². The summed E-state index contributed by atoms with van der Waals surface area (Å²) in [5, 5.41) is 0. The van der Waals surface area contributed by atoms with E-state index in [0.29, 0.717) is 0 Å². The molecule has 0 fully saturated rings. The predicted molar refractivity (Wildman–Crippen MR) is 50.8 cm³/mol. The van der Waals surface area contributed by atoms with Gasteiger partial charge in [0.15, 0.2) is 0 Å². The van der Waals surface area contributed by atoms with Gasteiger partial charge in [0.1, 0.15) is 13.1 Å². The molecule has 0 aliphatic carbocycles. The van der Waals surface area contributed by atoms with Crippen LogP contribution in [0.4, 0.5) is 32.0 Å². The van der Waals surface area contributed by atoms with Gasteiger partial charge < -0.3 is 4.90 Å². The van der Waals surface area contributed by atoms with Crippen LogP contribution in [0.2, 0.25) is 0 Å². The second kappa shape index (κ2) is 4.85. The topological polar surface area (TPSA) is 3.24 Å². The maximum atomic E-state index is 12.2. The molecule has 1 rings (SSSR count). The van der Waals surface area contributed by atoms with Gasteiger partial charge in [-0.1, -0.05) is 18.2 Å². The molecule has 0 radical (unpaired) electrons. The molecule has 1 nitrogen and oxygen atoms in total. The van der Waals surface area contributed by atoms with Crippen molar-refractivity contribution in [1.82, 2.24) is 0 Å². The third-order valence-electron chi connectivity index (χ3n) is 1.86. The molecule has 1 aromatic carbocycles. The second-order valence-corrected chi connectivity index (χ2v) is 3.42. The van der Waals surface area contributed by atoms with Gasteiger partial charge in [-0.15, -0.1) is 0 Å². The zero-order chi connectivity index (χ0) is 13.1. The highest BCUT2D eigenvalue weighted by atomic mass is 19.4. The Morgan fingerprint density at radius 1 is 0.765 bits per heavy atom. The SMILES string of the molecule is FC(F)(F)CN(CC(F)(F)F)c1ccccc1. The van der Waals surface area contributed by atoms with Crippen LogP contribution in [0.1, 0.15) is 0 Å². The summed E-state index contributed by atoms with van der Waals surface area (Å²) in [4.78, 5) is 0.250. The summed E-state index contributed by atoms with van der Waals surface area (Å²) in [5.41, 5.74) is -0.109. The Bertz CT molecular complexity index is 326. The first-order valence-electron chi connectivity index (χ1n) is 4.61. The number of benzene rings is 1. The van der Waals surface area contributed by atoms with Crippen molar-refractivity contribution in [2.45, 2.75) is 12.4 Å². The second-order valence-electron chi connectivity index (χ2n) is 3.42. The van der Waals surface area contributed by atoms with E-state index < -0.39 is 25.4 Å². The van der Waals surface area contributed by atoms with Crippen LogP contribution in [0, 0.1) is 0 Å². The summed E-state index contributed by atoms with van der Waals surface area (Å²) in [6.07, 6.45) is -9.36. The van der Waals surface area contributed by atoms with E-state index in [1.807, 2.05) is 0 Å². The van der Waals surface area contributed by atoms with Gasteiger partial charge in [-0.25, -0.2) is 0 Å². The molecule has 0 amide bonds. The van der Waals surface area contributed by atoms with Crippen LogP contribution in [0.3, 0.4) is 0 Å². The molecule has 0 aliphatic rings. The fraction of sp³-hybridized carbons (Fsp3) is 0.400. The number of hydrogen-bond donors (Lipinski definition) is 0. The Kier molecular flexibility index (Phi) is 3.90. The molecule has 0 atom stereocenters. The molecular formula is C10H9F6N. The maximum absolute atomic E-state index is 12.2. The van der Waals surface area contributed by atoms with Crippen molar-refractivity contribution in [1.29, 1.82) is 0 Å². The molecule has 0 aliphatic heterocycles. The molecule has 0 aromatic heterocycles. The molecule has 0 bridgehead atoms. The average molecular weight is 257 g/mol. The number of nitrogens with zero attached hydrogens (tertiary/aromatic N) is 1. The Hall–Kier alpha value is -1.40. The quantitative estimate of drug-likeness (QED) is 0.747. The van der Waals surface area contributed by atoms with E-state index in [1.165, 1.54) is 30.3 Å². The molecule has 0 saturated carbocycles. The number of halogens is 6. The highest BCUT2D eigenvalue weighted by Crippen LogP contribution is 2.26. The minimum Gasteiger partial charge on any atom is -0.353 e. The zero-order valence-electron chi connectivity index (χ0n) is 8.52. The third-order valence-corrected chi connectivity index (χ3v) is 1.86. The average Bonchev–Trinajstić information content (AvgIpc) is 2.14. The number of rotatable bonds is 3. The summed E-state index contributed by atoms with van der Waals surface area (Å²) < 4.78 is 72.9. The summed E-state index contributed by atoms with van der Waals surface area (Å²) >= 11 is 0. The van der Waals surface area contributed by atoms with Crippen molar-refractivity contribution in [3.8, 4) is 0 Å². The van der Waals surface area contributed by atoms with E-state index in [-0.39, 0.29) is 10.6 Å². The van der Waals surface area contributed by atoms with Gasteiger partial charge in [0, 0.05) is 5.69 Å². The maximum Gasteiger partial charge on any atom is 0.405 e. The molecule has 0 heterocycles. The lowest BCUT2D eigenvalue weighted by molar-refractivity contribution is -0.137. The van der Waals surface area contributed by atoms with Crippen molar-refractivity contribution in [3.63, 3.8) is 0 Å². The van der Waals surface area contributed by atoms with E-state index in [2.05, 4.69) is 0 Å². The molecule has 0 saturated heterocycles. The van der Waals surface area contributed by atoms with Crippen molar-refractivity contribution >= 4 is 5.69 Å². The first-order chi connectivity index (χ1) is 7.67. The van der Waals surface area contributed by atoms with Gasteiger partial charge in [0.2, 0.25) is 0 Å². The lowest BCUT2D eigenvalue weighted by atomic mass is 10.3. The summed E-state index contributed by atoms with van der Waals surface area (Å²) in [6.45, 7) is -3.26. The number of hydrogen-bond acceptors (Lipinski definition) is 1. The molecule has 7 heteroatoms. The molecule has 1 aromatic rings. The Balaban J connectivity index is 2.87. The largest absolute Gasteiger partial charge is 0.405 e. The van der Waals surface area contributed by atoms with E-state index >= 15 is 0 Å². The first-order valence-corrected chi connectivity index (χ1v) is 4.61. The van der Waals surface area contributed by atoms with E-state index in [9.17, 15) is 26.3 Å². The lowest BCUT2D eigenvalue weighted by Gasteiger charge is -2.26. The molecule has 17 heavy (non-hydrogen) atoms. The minimum absolute atomic E-state index is 0.109. The van der Waals surface area contributed by atoms with E-state index in [4.69, 9.17) is 0 Å². The predicted octanol–water partition coefficient (Wildman–Crippen LogP) is 3.62.